The predicted octanol–water partition coefficient (Wildman–Crippen LogP) is 5.64. The third-order valence-electron chi connectivity index (χ3n) is 7.63. The van der Waals surface area contributed by atoms with E-state index in [0.29, 0.717) is 16.3 Å². The monoisotopic (exact) mass is 613 g/mol. The van der Waals surface area contributed by atoms with Gasteiger partial charge in [0.2, 0.25) is 21.8 Å². The van der Waals surface area contributed by atoms with Crippen LogP contribution >= 0.6 is 11.6 Å². The van der Waals surface area contributed by atoms with Crippen molar-refractivity contribution in [3.05, 3.63) is 100 Å². The highest BCUT2D eigenvalue weighted by atomic mass is 35.5. The van der Waals surface area contributed by atoms with Crippen molar-refractivity contribution in [3.8, 4) is 0 Å². The van der Waals surface area contributed by atoms with Gasteiger partial charge in [-0.1, -0.05) is 79.4 Å². The first-order valence-corrected chi connectivity index (χ1v) is 16.4. The lowest BCUT2D eigenvalue weighted by atomic mass is 9.94. The molecule has 0 heterocycles. The molecule has 1 saturated carbocycles. The molecule has 2 amide bonds. The highest BCUT2D eigenvalue weighted by molar-refractivity contribution is 7.92. The molecule has 4 rings (SSSR count). The zero-order chi connectivity index (χ0) is 30.3. The molecule has 0 bridgehead atoms. The van der Waals surface area contributed by atoms with Gasteiger partial charge in [-0.2, -0.15) is 0 Å². The number of aryl methyl sites for hydroxylation is 1. The zero-order valence-corrected chi connectivity index (χ0v) is 25.5. The lowest BCUT2D eigenvalue weighted by Crippen LogP contribution is -2.55. The first-order valence-electron chi connectivity index (χ1n) is 14.1. The van der Waals surface area contributed by atoms with Crippen LogP contribution in [0.2, 0.25) is 5.02 Å². The number of anilines is 1. The molecular formula is C32H37ClFN3O4S. The van der Waals surface area contributed by atoms with Gasteiger partial charge < -0.3 is 10.2 Å². The second kappa shape index (κ2) is 14.2. The molecule has 3 aromatic rings. The summed E-state index contributed by atoms with van der Waals surface area (Å²) >= 11 is 6.11. The molecule has 3 aromatic carbocycles. The molecule has 10 heteroatoms. The summed E-state index contributed by atoms with van der Waals surface area (Å²) in [4.78, 5) is 29.4. The largest absolute Gasteiger partial charge is 0.352 e. The van der Waals surface area contributed by atoms with Crippen molar-refractivity contribution < 1.29 is 22.4 Å². The van der Waals surface area contributed by atoms with Crippen molar-refractivity contribution in [3.63, 3.8) is 0 Å². The Hall–Kier alpha value is -3.43. The molecule has 1 aliphatic rings. The molecule has 7 nitrogen and oxygen atoms in total. The number of nitrogens with one attached hydrogen (secondary N) is 1. The Labute approximate surface area is 252 Å². The van der Waals surface area contributed by atoms with Crippen molar-refractivity contribution in [2.24, 2.45) is 0 Å². The molecule has 0 unspecified atom stereocenters. The lowest BCUT2D eigenvalue weighted by molar-refractivity contribution is -0.140. The van der Waals surface area contributed by atoms with E-state index < -0.39 is 34.3 Å². The Morgan fingerprint density at radius 2 is 1.67 bits per heavy atom. The molecule has 0 aromatic heterocycles. The average molecular weight is 614 g/mol. The van der Waals surface area contributed by atoms with Crippen LogP contribution in [0.25, 0.3) is 0 Å². The fourth-order valence-electron chi connectivity index (χ4n) is 5.40. The molecule has 0 saturated heterocycles. The van der Waals surface area contributed by atoms with Crippen LogP contribution in [-0.2, 0) is 32.6 Å². The van der Waals surface area contributed by atoms with Crippen LogP contribution in [0.15, 0.2) is 72.8 Å². The maximum absolute atomic E-state index is 14.9. The Balaban J connectivity index is 1.74. The second-order valence-electron chi connectivity index (χ2n) is 10.9. The summed E-state index contributed by atoms with van der Waals surface area (Å²) in [5.74, 6) is -1.49. The summed E-state index contributed by atoms with van der Waals surface area (Å²) in [6.07, 6.45) is 6.03. The molecule has 42 heavy (non-hydrogen) atoms. The summed E-state index contributed by atoms with van der Waals surface area (Å²) in [6, 6.07) is 19.1. The van der Waals surface area contributed by atoms with Gasteiger partial charge in [0.05, 0.1) is 11.9 Å². The van der Waals surface area contributed by atoms with Gasteiger partial charge in [-0.15, -0.1) is 0 Å². The third-order valence-corrected chi connectivity index (χ3v) is 8.99. The van der Waals surface area contributed by atoms with E-state index in [1.807, 2.05) is 30.3 Å². The fourth-order valence-corrected chi connectivity index (χ4v) is 6.54. The van der Waals surface area contributed by atoms with Gasteiger partial charge in [0.15, 0.2) is 0 Å². The minimum absolute atomic E-state index is 0.0147. The summed E-state index contributed by atoms with van der Waals surface area (Å²) in [6.45, 7) is 0.923. The first kappa shape index (κ1) is 31.5. The number of amides is 2. The highest BCUT2D eigenvalue weighted by Crippen LogP contribution is 2.27. The van der Waals surface area contributed by atoms with Gasteiger partial charge in [-0.05, 0) is 55.2 Å². The quantitative estimate of drug-likeness (QED) is 0.303. The van der Waals surface area contributed by atoms with E-state index in [2.05, 4.69) is 5.32 Å². The highest BCUT2D eigenvalue weighted by Gasteiger charge is 2.34. The number of nitrogens with zero attached hydrogens (tertiary/aromatic N) is 2. The van der Waals surface area contributed by atoms with Crippen molar-refractivity contribution in [1.82, 2.24) is 10.2 Å². The number of carbonyl (C=O) groups excluding carboxylic acids is 2. The Morgan fingerprint density at radius 1 is 1.00 bits per heavy atom. The molecule has 1 fully saturated rings. The molecule has 1 atom stereocenters. The molecule has 1 aliphatic carbocycles. The van der Waals surface area contributed by atoms with Crippen LogP contribution in [0.3, 0.4) is 0 Å². The second-order valence-corrected chi connectivity index (χ2v) is 13.2. The van der Waals surface area contributed by atoms with Crippen LogP contribution in [0.5, 0.6) is 0 Å². The maximum atomic E-state index is 14.9. The SMILES string of the molecule is Cc1cc(Cl)ccc1N(CC(=O)N(Cc1ccccc1F)[C@@H](Cc1ccccc1)C(=O)NC1CCCCC1)S(C)(=O)=O. The normalized spacial score (nSPS) is 14.7. The Kier molecular flexibility index (Phi) is 10.6. The Bertz CT molecular complexity index is 1500. The summed E-state index contributed by atoms with van der Waals surface area (Å²) in [7, 11) is -3.92. The van der Waals surface area contributed by atoms with E-state index in [1.54, 1.807) is 43.3 Å². The standard InChI is InChI=1S/C32H37ClFN3O4S/c1-23-19-26(33)17-18-29(23)37(42(2,40)41)22-31(38)36(21-25-13-9-10-16-28(25)34)30(20-24-11-5-3-6-12-24)32(39)35-27-14-7-4-8-15-27/h3,5-6,9-13,16-19,27,30H,4,7-8,14-15,20-22H2,1-2H3,(H,35,39)/t30-/m0/s1. The smallest absolute Gasteiger partial charge is 0.244 e. The topological polar surface area (TPSA) is 86.8 Å². The number of benzene rings is 3. The van der Waals surface area contributed by atoms with Gasteiger partial charge in [0.25, 0.3) is 0 Å². The minimum atomic E-state index is -3.92. The summed E-state index contributed by atoms with van der Waals surface area (Å²) < 4.78 is 41.9. The van der Waals surface area contributed by atoms with Crippen LogP contribution in [0, 0.1) is 12.7 Å². The maximum Gasteiger partial charge on any atom is 0.244 e. The van der Waals surface area contributed by atoms with E-state index in [9.17, 15) is 22.4 Å². The number of carbonyl (C=O) groups is 2. The van der Waals surface area contributed by atoms with Gasteiger partial charge in [-0.25, -0.2) is 12.8 Å². The molecule has 224 valence electrons. The van der Waals surface area contributed by atoms with Crippen LogP contribution in [0.4, 0.5) is 10.1 Å². The van der Waals surface area contributed by atoms with Gasteiger partial charge in [0, 0.05) is 29.6 Å². The third kappa shape index (κ3) is 8.32. The first-order chi connectivity index (χ1) is 20.0. The lowest BCUT2D eigenvalue weighted by Gasteiger charge is -2.35. The molecular weight excluding hydrogens is 577 g/mol. The minimum Gasteiger partial charge on any atom is -0.352 e. The molecule has 0 spiro atoms. The number of sulfonamides is 1. The predicted molar refractivity (Wildman–Crippen MR) is 164 cm³/mol. The molecule has 0 aliphatic heterocycles. The van der Waals surface area contributed by atoms with Gasteiger partial charge >= 0.3 is 0 Å². The van der Waals surface area contributed by atoms with Gasteiger partial charge in [-0.3, -0.25) is 13.9 Å². The van der Waals surface area contributed by atoms with E-state index >= 15 is 0 Å². The van der Waals surface area contributed by atoms with Crippen molar-refractivity contribution in [2.75, 3.05) is 17.1 Å². The number of halogens is 2. The van der Waals surface area contributed by atoms with Crippen LogP contribution < -0.4 is 9.62 Å². The van der Waals surface area contributed by atoms with E-state index in [0.717, 1.165) is 48.2 Å². The van der Waals surface area contributed by atoms with E-state index in [1.165, 1.54) is 11.0 Å². The van der Waals surface area contributed by atoms with Crippen LogP contribution in [-0.4, -0.2) is 50.0 Å². The summed E-state index contributed by atoms with van der Waals surface area (Å²) in [5, 5.41) is 3.56. The van der Waals surface area contributed by atoms with Crippen molar-refractivity contribution in [1.29, 1.82) is 0 Å². The number of rotatable bonds is 11. The number of hydrogen-bond acceptors (Lipinski definition) is 4. The van der Waals surface area contributed by atoms with E-state index in [4.69, 9.17) is 11.6 Å². The van der Waals surface area contributed by atoms with Gasteiger partial charge in [0.1, 0.15) is 18.4 Å². The Morgan fingerprint density at radius 3 is 2.31 bits per heavy atom. The molecule has 0 radical (unpaired) electrons. The average Bonchev–Trinajstić information content (AvgIpc) is 2.95. The van der Waals surface area contributed by atoms with Crippen molar-refractivity contribution in [2.45, 2.75) is 64.1 Å². The zero-order valence-electron chi connectivity index (χ0n) is 23.9. The van der Waals surface area contributed by atoms with Crippen molar-refractivity contribution >= 4 is 39.1 Å². The van der Waals surface area contributed by atoms with Crippen LogP contribution in [0.1, 0.15) is 48.8 Å². The summed E-state index contributed by atoms with van der Waals surface area (Å²) in [5.41, 5.74) is 1.91. The molecule has 1 N–H and O–H groups in total. The fraction of sp³-hybridized carbons (Fsp3) is 0.375. The number of hydrogen-bond donors (Lipinski definition) is 1. The van der Waals surface area contributed by atoms with E-state index in [-0.39, 0.29) is 30.5 Å².